The van der Waals surface area contributed by atoms with Gasteiger partial charge in [0.25, 0.3) is 0 Å². The molecule has 4 nitrogen and oxygen atoms in total. The van der Waals surface area contributed by atoms with Gasteiger partial charge < -0.3 is 10.3 Å². The third-order valence-electron chi connectivity index (χ3n) is 3.91. The molecule has 0 amide bonds. The third kappa shape index (κ3) is 4.94. The Balaban J connectivity index is 1.58. The Labute approximate surface area is 116 Å². The van der Waals surface area contributed by atoms with Crippen LogP contribution >= 0.6 is 0 Å². The van der Waals surface area contributed by atoms with E-state index in [9.17, 15) is 0 Å². The second kappa shape index (κ2) is 7.63. The first-order valence-corrected chi connectivity index (χ1v) is 7.89. The summed E-state index contributed by atoms with van der Waals surface area (Å²) in [5.74, 6) is 2.06. The van der Waals surface area contributed by atoms with E-state index in [0.29, 0.717) is 11.7 Å². The molecule has 0 spiro atoms. The van der Waals surface area contributed by atoms with E-state index >= 15 is 0 Å². The van der Waals surface area contributed by atoms with E-state index in [1.54, 1.807) is 0 Å². The Morgan fingerprint density at radius 3 is 2.53 bits per heavy atom. The van der Waals surface area contributed by atoms with Crippen molar-refractivity contribution in [2.75, 3.05) is 0 Å². The van der Waals surface area contributed by atoms with Crippen LogP contribution in [0.3, 0.4) is 0 Å². The maximum atomic E-state index is 6.05. The molecule has 0 bridgehead atoms. The molecule has 0 radical (unpaired) electrons. The van der Waals surface area contributed by atoms with E-state index < -0.39 is 0 Å². The molecule has 108 valence electrons. The SMILES string of the molecule is CCCCCCCCCc1nc(C(N)C2CC2)no1. The topological polar surface area (TPSA) is 64.9 Å². The van der Waals surface area contributed by atoms with Crippen LogP contribution in [0, 0.1) is 5.92 Å². The molecular weight excluding hydrogens is 238 g/mol. The van der Waals surface area contributed by atoms with Gasteiger partial charge in [0.1, 0.15) is 0 Å². The molecule has 1 aliphatic rings. The zero-order chi connectivity index (χ0) is 13.5. The lowest BCUT2D eigenvalue weighted by atomic mass is 10.1. The van der Waals surface area contributed by atoms with Crippen LogP contribution in [0.4, 0.5) is 0 Å². The van der Waals surface area contributed by atoms with Crippen LogP contribution in [0.25, 0.3) is 0 Å². The van der Waals surface area contributed by atoms with Crippen molar-refractivity contribution in [3.8, 4) is 0 Å². The number of aromatic nitrogens is 2. The van der Waals surface area contributed by atoms with Gasteiger partial charge >= 0.3 is 0 Å². The lowest BCUT2D eigenvalue weighted by Crippen LogP contribution is -2.14. The summed E-state index contributed by atoms with van der Waals surface area (Å²) in [5.41, 5.74) is 6.05. The van der Waals surface area contributed by atoms with Crippen molar-refractivity contribution < 1.29 is 4.52 Å². The highest BCUT2D eigenvalue weighted by Crippen LogP contribution is 2.38. The molecule has 1 fully saturated rings. The van der Waals surface area contributed by atoms with Crippen LogP contribution in [0.5, 0.6) is 0 Å². The average Bonchev–Trinajstić information content (AvgIpc) is 3.16. The van der Waals surface area contributed by atoms with Crippen molar-refractivity contribution in [3.05, 3.63) is 11.7 Å². The summed E-state index contributed by atoms with van der Waals surface area (Å²) in [4.78, 5) is 4.42. The summed E-state index contributed by atoms with van der Waals surface area (Å²) in [6.07, 6.45) is 12.5. The molecule has 2 N–H and O–H groups in total. The lowest BCUT2D eigenvalue weighted by Gasteiger charge is -2.01. The summed E-state index contributed by atoms with van der Waals surface area (Å²) in [6, 6.07) is -0.00783. The second-order valence-electron chi connectivity index (χ2n) is 5.78. The van der Waals surface area contributed by atoms with E-state index in [-0.39, 0.29) is 6.04 Å². The predicted octanol–water partition coefficient (Wildman–Crippen LogP) is 3.77. The lowest BCUT2D eigenvalue weighted by molar-refractivity contribution is 0.363. The van der Waals surface area contributed by atoms with Gasteiger partial charge in [0, 0.05) is 6.42 Å². The second-order valence-corrected chi connectivity index (χ2v) is 5.78. The minimum absolute atomic E-state index is 0.00783. The van der Waals surface area contributed by atoms with Crippen LogP contribution < -0.4 is 5.73 Å². The summed E-state index contributed by atoms with van der Waals surface area (Å²) in [6.45, 7) is 2.25. The predicted molar refractivity (Wildman–Crippen MR) is 75.6 cm³/mol. The number of aryl methyl sites for hydroxylation is 1. The highest BCUT2D eigenvalue weighted by Gasteiger charge is 2.32. The molecule has 1 aromatic heterocycles. The molecule has 0 saturated heterocycles. The largest absolute Gasteiger partial charge is 0.339 e. The average molecular weight is 265 g/mol. The van der Waals surface area contributed by atoms with Crippen molar-refractivity contribution >= 4 is 0 Å². The number of nitrogens with zero attached hydrogens (tertiary/aromatic N) is 2. The molecular formula is C15H27N3O. The van der Waals surface area contributed by atoms with Crippen molar-refractivity contribution in [1.29, 1.82) is 0 Å². The van der Waals surface area contributed by atoms with Gasteiger partial charge in [0.2, 0.25) is 5.89 Å². The van der Waals surface area contributed by atoms with Gasteiger partial charge in [0.05, 0.1) is 6.04 Å². The molecule has 19 heavy (non-hydrogen) atoms. The monoisotopic (exact) mass is 265 g/mol. The molecule has 0 aliphatic heterocycles. The van der Waals surface area contributed by atoms with Gasteiger partial charge in [-0.25, -0.2) is 0 Å². The fourth-order valence-electron chi connectivity index (χ4n) is 2.40. The first-order chi connectivity index (χ1) is 9.31. The van der Waals surface area contributed by atoms with Gasteiger partial charge in [-0.2, -0.15) is 4.98 Å². The number of nitrogens with two attached hydrogens (primary N) is 1. The Kier molecular flexibility index (Phi) is 5.83. The van der Waals surface area contributed by atoms with Gasteiger partial charge in [-0.15, -0.1) is 0 Å². The number of hydrogen-bond donors (Lipinski definition) is 1. The summed E-state index contributed by atoms with van der Waals surface area (Å²) < 4.78 is 5.27. The summed E-state index contributed by atoms with van der Waals surface area (Å²) >= 11 is 0. The molecule has 1 atom stereocenters. The van der Waals surface area contributed by atoms with Gasteiger partial charge in [-0.1, -0.05) is 50.6 Å². The Hall–Kier alpha value is -0.900. The molecule has 2 rings (SSSR count). The van der Waals surface area contributed by atoms with Gasteiger partial charge in [0.15, 0.2) is 5.82 Å². The summed E-state index contributed by atoms with van der Waals surface area (Å²) in [7, 11) is 0. The van der Waals surface area contributed by atoms with Gasteiger partial charge in [-0.3, -0.25) is 0 Å². The first-order valence-electron chi connectivity index (χ1n) is 7.89. The van der Waals surface area contributed by atoms with E-state index in [2.05, 4.69) is 17.1 Å². The standard InChI is InChI=1S/C15H27N3O/c1-2-3-4-5-6-7-8-9-13-17-15(18-19-13)14(16)12-10-11-12/h12,14H,2-11,16H2,1H3. The molecule has 1 heterocycles. The van der Waals surface area contributed by atoms with E-state index in [1.165, 1.54) is 51.4 Å². The van der Waals surface area contributed by atoms with E-state index in [4.69, 9.17) is 10.3 Å². The van der Waals surface area contributed by atoms with Crippen molar-refractivity contribution in [1.82, 2.24) is 10.1 Å². The van der Waals surface area contributed by atoms with E-state index in [1.807, 2.05) is 0 Å². The third-order valence-corrected chi connectivity index (χ3v) is 3.91. The Morgan fingerprint density at radius 1 is 1.16 bits per heavy atom. The fraction of sp³-hybridized carbons (Fsp3) is 0.867. The quantitative estimate of drug-likeness (QED) is 0.654. The smallest absolute Gasteiger partial charge is 0.226 e. The Bertz CT molecular complexity index is 360. The zero-order valence-electron chi connectivity index (χ0n) is 12.1. The highest BCUT2D eigenvalue weighted by atomic mass is 16.5. The van der Waals surface area contributed by atoms with Crippen molar-refractivity contribution in [3.63, 3.8) is 0 Å². The maximum absolute atomic E-state index is 6.05. The molecule has 1 unspecified atom stereocenters. The van der Waals surface area contributed by atoms with Crippen LogP contribution in [0.15, 0.2) is 4.52 Å². The molecule has 4 heteroatoms. The molecule has 1 aliphatic carbocycles. The molecule has 1 saturated carbocycles. The van der Waals surface area contributed by atoms with Crippen molar-refractivity contribution in [2.24, 2.45) is 11.7 Å². The highest BCUT2D eigenvalue weighted by molar-refractivity contribution is 4.99. The Morgan fingerprint density at radius 2 is 1.84 bits per heavy atom. The van der Waals surface area contributed by atoms with Crippen LogP contribution in [0.1, 0.15) is 82.5 Å². The number of unbranched alkanes of at least 4 members (excludes halogenated alkanes) is 6. The van der Waals surface area contributed by atoms with E-state index in [0.717, 1.165) is 18.7 Å². The fourth-order valence-corrected chi connectivity index (χ4v) is 2.40. The van der Waals surface area contributed by atoms with Crippen LogP contribution in [-0.4, -0.2) is 10.1 Å². The minimum Gasteiger partial charge on any atom is -0.339 e. The molecule has 0 aromatic carbocycles. The summed E-state index contributed by atoms with van der Waals surface area (Å²) in [5, 5.41) is 4.01. The normalized spacial score (nSPS) is 16.7. The zero-order valence-corrected chi connectivity index (χ0v) is 12.1. The van der Waals surface area contributed by atoms with Gasteiger partial charge in [-0.05, 0) is 25.2 Å². The maximum Gasteiger partial charge on any atom is 0.226 e. The number of hydrogen-bond acceptors (Lipinski definition) is 4. The number of rotatable bonds is 10. The molecule has 1 aromatic rings. The van der Waals surface area contributed by atoms with Crippen LogP contribution in [-0.2, 0) is 6.42 Å². The van der Waals surface area contributed by atoms with Crippen LogP contribution in [0.2, 0.25) is 0 Å². The van der Waals surface area contributed by atoms with Crippen molar-refractivity contribution in [2.45, 2.75) is 77.2 Å². The minimum atomic E-state index is -0.00783. The first kappa shape index (κ1) is 14.5.